The molecule has 2 rings (SSSR count). The summed E-state index contributed by atoms with van der Waals surface area (Å²) in [6.07, 6.45) is 14.6. The number of allylic oxidation sites excluding steroid dienone is 4. The van der Waals surface area contributed by atoms with Crippen LogP contribution >= 0.6 is 0 Å². The van der Waals surface area contributed by atoms with Crippen LogP contribution in [0.1, 0.15) is 71.8 Å². The number of benzene rings is 1. The lowest BCUT2D eigenvalue weighted by atomic mass is 9.86. The largest absolute Gasteiger partial charge is 0.463 e. The number of carbonyl (C=O) groups excluding carboxylic acids is 2. The highest BCUT2D eigenvalue weighted by atomic mass is 16.5. The lowest BCUT2D eigenvalue weighted by molar-refractivity contribution is -0.147. The number of Topliss-reactive ketones (excluding diaryl/α,β-unsaturated/α-hetero) is 1. The van der Waals surface area contributed by atoms with Gasteiger partial charge < -0.3 is 4.74 Å². The lowest BCUT2D eigenvalue weighted by Gasteiger charge is -2.17. The van der Waals surface area contributed by atoms with Crippen LogP contribution in [0.25, 0.3) is 0 Å². The van der Waals surface area contributed by atoms with Crippen LogP contribution in [0.5, 0.6) is 0 Å². The van der Waals surface area contributed by atoms with Gasteiger partial charge in [-0.15, -0.1) is 0 Å². The van der Waals surface area contributed by atoms with Gasteiger partial charge in [-0.1, -0.05) is 68.5 Å². The Morgan fingerprint density at radius 2 is 1.90 bits per heavy atom. The average Bonchev–Trinajstić information content (AvgIpc) is 3.00. The molecular weight excluding hydrogens is 384 g/mol. The highest BCUT2D eigenvalue weighted by Gasteiger charge is 2.37. The summed E-state index contributed by atoms with van der Waals surface area (Å²) in [4.78, 5) is 24.1. The van der Waals surface area contributed by atoms with E-state index in [9.17, 15) is 9.59 Å². The number of esters is 1. The van der Waals surface area contributed by atoms with Crippen LogP contribution in [0.4, 0.5) is 0 Å². The molecule has 0 N–H and O–H groups in total. The summed E-state index contributed by atoms with van der Waals surface area (Å²) < 4.78 is 5.15. The number of hydrogen-bond donors (Lipinski definition) is 0. The highest BCUT2D eigenvalue weighted by molar-refractivity contribution is 5.84. The molecule has 0 aliphatic heterocycles. The Balaban J connectivity index is 1.77. The van der Waals surface area contributed by atoms with Crippen molar-refractivity contribution >= 4 is 11.8 Å². The summed E-state index contributed by atoms with van der Waals surface area (Å²) in [5, 5.41) is 0. The Morgan fingerprint density at radius 3 is 2.61 bits per heavy atom. The zero-order valence-electron chi connectivity index (χ0n) is 19.8. The molecule has 0 saturated heterocycles. The lowest BCUT2D eigenvalue weighted by Crippen LogP contribution is -2.14. The number of carbonyl (C=O) groups is 2. The summed E-state index contributed by atoms with van der Waals surface area (Å²) in [5.74, 6) is 1.60. The summed E-state index contributed by atoms with van der Waals surface area (Å²) in [5.41, 5.74) is 1.38. The van der Waals surface area contributed by atoms with Gasteiger partial charge in [0.15, 0.2) is 0 Å². The molecule has 3 nitrogen and oxygen atoms in total. The first kappa shape index (κ1) is 25.1. The third-order valence-corrected chi connectivity index (χ3v) is 6.13. The molecule has 1 fully saturated rings. The molecule has 0 bridgehead atoms. The summed E-state index contributed by atoms with van der Waals surface area (Å²) in [7, 11) is 0. The van der Waals surface area contributed by atoms with E-state index in [0.29, 0.717) is 36.4 Å². The van der Waals surface area contributed by atoms with E-state index in [1.807, 2.05) is 13.8 Å². The fourth-order valence-electron chi connectivity index (χ4n) is 4.33. The molecule has 1 saturated carbocycles. The Morgan fingerprint density at radius 1 is 1.16 bits per heavy atom. The fourth-order valence-corrected chi connectivity index (χ4v) is 4.33. The van der Waals surface area contributed by atoms with Gasteiger partial charge in [-0.05, 0) is 69.3 Å². The minimum Gasteiger partial charge on any atom is -0.463 e. The molecule has 0 unspecified atom stereocenters. The Labute approximate surface area is 189 Å². The van der Waals surface area contributed by atoms with Crippen LogP contribution in [-0.4, -0.2) is 17.9 Å². The van der Waals surface area contributed by atoms with Crippen molar-refractivity contribution in [2.24, 2.45) is 23.7 Å². The summed E-state index contributed by atoms with van der Waals surface area (Å²) >= 11 is 0. The van der Waals surface area contributed by atoms with E-state index in [1.54, 1.807) is 0 Å². The maximum Gasteiger partial charge on any atom is 0.306 e. The number of ether oxygens (including phenoxy) is 1. The molecule has 0 heterocycles. The average molecular weight is 425 g/mol. The van der Waals surface area contributed by atoms with E-state index < -0.39 is 0 Å². The molecule has 3 heteroatoms. The number of ketones is 1. The molecule has 0 spiro atoms. The van der Waals surface area contributed by atoms with Crippen LogP contribution in [0, 0.1) is 23.7 Å². The van der Waals surface area contributed by atoms with Crippen molar-refractivity contribution in [2.45, 2.75) is 78.7 Å². The second-order valence-electron chi connectivity index (χ2n) is 9.36. The number of hydrogen-bond acceptors (Lipinski definition) is 3. The maximum absolute atomic E-state index is 12.5. The second kappa shape index (κ2) is 13.3. The predicted octanol–water partition coefficient (Wildman–Crippen LogP) is 6.72. The Bertz CT molecular complexity index is 732. The van der Waals surface area contributed by atoms with Gasteiger partial charge in [0, 0.05) is 18.8 Å². The van der Waals surface area contributed by atoms with Crippen LogP contribution in [0.3, 0.4) is 0 Å². The van der Waals surface area contributed by atoms with Crippen molar-refractivity contribution in [1.82, 2.24) is 0 Å². The van der Waals surface area contributed by atoms with Crippen molar-refractivity contribution in [3.63, 3.8) is 0 Å². The fraction of sp³-hybridized carbons (Fsp3) is 0.571. The van der Waals surface area contributed by atoms with E-state index in [2.05, 4.69) is 68.5 Å². The smallest absolute Gasteiger partial charge is 0.306 e. The van der Waals surface area contributed by atoms with Gasteiger partial charge in [-0.25, -0.2) is 0 Å². The zero-order chi connectivity index (χ0) is 22.6. The summed E-state index contributed by atoms with van der Waals surface area (Å²) in [6.45, 7) is 8.20. The Kier molecular flexibility index (Phi) is 10.8. The first-order chi connectivity index (χ1) is 14.9. The van der Waals surface area contributed by atoms with E-state index in [-0.39, 0.29) is 18.0 Å². The molecular formula is C28H40O3. The SMILES string of the molecule is CC(C)OC(=O)CCC/C=C\C[C@H]1C(=O)C[C@@H](C)[C@@H]1/C=C/[C@@H](C)CCc1ccccc1. The monoisotopic (exact) mass is 424 g/mol. The number of aryl methyl sites for hydroxylation is 1. The van der Waals surface area contributed by atoms with Crippen molar-refractivity contribution in [1.29, 1.82) is 0 Å². The van der Waals surface area contributed by atoms with Crippen molar-refractivity contribution in [2.75, 3.05) is 0 Å². The third-order valence-electron chi connectivity index (χ3n) is 6.13. The first-order valence-corrected chi connectivity index (χ1v) is 12.0. The zero-order valence-corrected chi connectivity index (χ0v) is 19.8. The van der Waals surface area contributed by atoms with Gasteiger partial charge in [0.05, 0.1) is 6.10 Å². The topological polar surface area (TPSA) is 43.4 Å². The van der Waals surface area contributed by atoms with Crippen LogP contribution in [0.15, 0.2) is 54.6 Å². The van der Waals surface area contributed by atoms with Gasteiger partial charge in [0.2, 0.25) is 0 Å². The van der Waals surface area contributed by atoms with Gasteiger partial charge in [0.25, 0.3) is 0 Å². The maximum atomic E-state index is 12.5. The van der Waals surface area contributed by atoms with Crippen LogP contribution < -0.4 is 0 Å². The van der Waals surface area contributed by atoms with Gasteiger partial charge in [-0.3, -0.25) is 9.59 Å². The molecule has 1 aliphatic carbocycles. The van der Waals surface area contributed by atoms with Crippen molar-refractivity contribution in [3.05, 3.63) is 60.2 Å². The van der Waals surface area contributed by atoms with Crippen LogP contribution in [0.2, 0.25) is 0 Å². The highest BCUT2D eigenvalue weighted by Crippen LogP contribution is 2.37. The molecule has 0 amide bonds. The first-order valence-electron chi connectivity index (χ1n) is 12.0. The van der Waals surface area contributed by atoms with E-state index in [4.69, 9.17) is 4.74 Å². The molecule has 1 aromatic rings. The summed E-state index contributed by atoms with van der Waals surface area (Å²) in [6, 6.07) is 10.6. The van der Waals surface area contributed by atoms with Crippen molar-refractivity contribution < 1.29 is 14.3 Å². The molecule has 0 aromatic heterocycles. The minimum atomic E-state index is -0.130. The van der Waals surface area contributed by atoms with Crippen molar-refractivity contribution in [3.8, 4) is 0 Å². The van der Waals surface area contributed by atoms with Gasteiger partial charge >= 0.3 is 5.97 Å². The quantitative estimate of drug-likeness (QED) is 0.212. The number of rotatable bonds is 12. The molecule has 0 radical (unpaired) electrons. The second-order valence-corrected chi connectivity index (χ2v) is 9.36. The van der Waals surface area contributed by atoms with E-state index >= 15 is 0 Å². The molecule has 1 aliphatic rings. The molecule has 31 heavy (non-hydrogen) atoms. The molecule has 1 aromatic carbocycles. The third kappa shape index (κ3) is 9.25. The predicted molar refractivity (Wildman–Crippen MR) is 128 cm³/mol. The number of unbranched alkanes of at least 4 members (excludes halogenated alkanes) is 1. The standard InChI is InChI=1S/C28H40O3/c1-21(2)31-28(30)15-11-6-5-10-14-26-25(23(4)20-27(26)29)19-17-22(3)16-18-24-12-8-7-9-13-24/h5,7-10,12-13,17,19,21-23,25-26H,6,11,14-16,18,20H2,1-4H3/b10-5-,19-17+/t22-,23+,25-,26+/m0/s1. The van der Waals surface area contributed by atoms with E-state index in [0.717, 1.165) is 32.1 Å². The van der Waals surface area contributed by atoms with Gasteiger partial charge in [-0.2, -0.15) is 0 Å². The molecule has 4 atom stereocenters. The minimum absolute atomic E-state index is 0.0514. The molecule has 170 valence electrons. The normalized spacial score (nSPS) is 22.6. The van der Waals surface area contributed by atoms with E-state index in [1.165, 1.54) is 5.56 Å². The Hall–Kier alpha value is -2.16. The van der Waals surface area contributed by atoms with Gasteiger partial charge in [0.1, 0.15) is 5.78 Å². The van der Waals surface area contributed by atoms with Crippen LogP contribution in [-0.2, 0) is 20.7 Å².